The predicted molar refractivity (Wildman–Crippen MR) is 63.4 cm³/mol. The lowest BCUT2D eigenvalue weighted by atomic mass is 10.1. The van der Waals surface area contributed by atoms with Crippen molar-refractivity contribution in [1.82, 2.24) is 0 Å². The molecule has 0 N–H and O–H groups in total. The summed E-state index contributed by atoms with van der Waals surface area (Å²) in [6.45, 7) is 4.37. The molecule has 0 aromatic carbocycles. The standard InChI is InChI=1S/C13H20O4/c1-10(2)7-8-16-13(15)17-12(14)9-11-5-3-4-6-11/h5,10H,3-4,6-9H2,1-2H3. The van der Waals surface area contributed by atoms with Crippen molar-refractivity contribution >= 4 is 12.1 Å². The molecule has 0 heterocycles. The molecule has 0 aromatic rings. The first-order valence-corrected chi connectivity index (χ1v) is 6.13. The van der Waals surface area contributed by atoms with Gasteiger partial charge in [0.05, 0.1) is 13.0 Å². The smallest absolute Gasteiger partial charge is 0.434 e. The Labute approximate surface area is 102 Å². The first kappa shape index (κ1) is 13.7. The van der Waals surface area contributed by atoms with Crippen LogP contribution in [0.1, 0.15) is 46.0 Å². The van der Waals surface area contributed by atoms with E-state index in [2.05, 4.69) is 4.74 Å². The summed E-state index contributed by atoms with van der Waals surface area (Å²) in [5.41, 5.74) is 1.06. The van der Waals surface area contributed by atoms with E-state index in [1.807, 2.05) is 19.9 Å². The summed E-state index contributed by atoms with van der Waals surface area (Å²) >= 11 is 0. The van der Waals surface area contributed by atoms with Gasteiger partial charge in [-0.15, -0.1) is 0 Å². The molecule has 4 heteroatoms. The lowest BCUT2D eigenvalue weighted by Crippen LogP contribution is -2.15. The van der Waals surface area contributed by atoms with Crippen LogP contribution in [-0.2, 0) is 14.3 Å². The summed E-state index contributed by atoms with van der Waals surface area (Å²) in [6.07, 6.45) is 5.16. The third kappa shape index (κ3) is 6.09. The van der Waals surface area contributed by atoms with Gasteiger partial charge in [0.15, 0.2) is 0 Å². The summed E-state index contributed by atoms with van der Waals surface area (Å²) < 4.78 is 9.34. The first-order valence-electron chi connectivity index (χ1n) is 6.13. The Kier molecular flexibility index (Phi) is 5.73. The van der Waals surface area contributed by atoms with Crippen molar-refractivity contribution in [3.8, 4) is 0 Å². The van der Waals surface area contributed by atoms with Crippen LogP contribution in [0.2, 0.25) is 0 Å². The zero-order valence-electron chi connectivity index (χ0n) is 10.5. The Morgan fingerprint density at radius 2 is 2.18 bits per heavy atom. The number of hydrogen-bond donors (Lipinski definition) is 0. The van der Waals surface area contributed by atoms with E-state index in [1.54, 1.807) is 0 Å². The molecule has 4 nitrogen and oxygen atoms in total. The van der Waals surface area contributed by atoms with Gasteiger partial charge in [0.1, 0.15) is 0 Å². The summed E-state index contributed by atoms with van der Waals surface area (Å²) in [7, 11) is 0. The van der Waals surface area contributed by atoms with Crippen LogP contribution < -0.4 is 0 Å². The van der Waals surface area contributed by atoms with E-state index in [-0.39, 0.29) is 6.42 Å². The fraction of sp³-hybridized carbons (Fsp3) is 0.692. The average molecular weight is 240 g/mol. The third-order valence-electron chi connectivity index (χ3n) is 2.62. The van der Waals surface area contributed by atoms with E-state index in [9.17, 15) is 9.59 Å². The number of esters is 1. The number of allylic oxidation sites excluding steroid dienone is 1. The lowest BCUT2D eigenvalue weighted by Gasteiger charge is -2.06. The number of rotatable bonds is 5. The van der Waals surface area contributed by atoms with Crippen LogP contribution in [0.15, 0.2) is 11.6 Å². The molecule has 0 fully saturated rings. The molecule has 0 unspecified atom stereocenters. The molecule has 0 aliphatic heterocycles. The summed E-state index contributed by atoms with van der Waals surface area (Å²) in [6, 6.07) is 0. The van der Waals surface area contributed by atoms with Crippen molar-refractivity contribution in [1.29, 1.82) is 0 Å². The van der Waals surface area contributed by atoms with Crippen molar-refractivity contribution in [2.24, 2.45) is 5.92 Å². The molecule has 0 bridgehead atoms. The second-order valence-electron chi connectivity index (χ2n) is 4.69. The van der Waals surface area contributed by atoms with Crippen LogP contribution >= 0.6 is 0 Å². The third-order valence-corrected chi connectivity index (χ3v) is 2.62. The van der Waals surface area contributed by atoms with E-state index in [0.717, 1.165) is 31.3 Å². The highest BCUT2D eigenvalue weighted by Crippen LogP contribution is 2.20. The van der Waals surface area contributed by atoms with Crippen LogP contribution in [0.3, 0.4) is 0 Å². The van der Waals surface area contributed by atoms with Crippen LogP contribution in [0, 0.1) is 5.92 Å². The van der Waals surface area contributed by atoms with Gasteiger partial charge in [-0.25, -0.2) is 4.79 Å². The first-order chi connectivity index (χ1) is 8.08. The maximum atomic E-state index is 11.3. The van der Waals surface area contributed by atoms with E-state index >= 15 is 0 Å². The van der Waals surface area contributed by atoms with Crippen molar-refractivity contribution in [2.75, 3.05) is 6.61 Å². The Hall–Kier alpha value is -1.32. The van der Waals surface area contributed by atoms with Gasteiger partial charge in [-0.1, -0.05) is 25.5 Å². The minimum absolute atomic E-state index is 0.208. The molecule has 1 aliphatic carbocycles. The minimum Gasteiger partial charge on any atom is -0.434 e. The molecule has 0 radical (unpaired) electrons. The van der Waals surface area contributed by atoms with E-state index < -0.39 is 12.1 Å². The highest BCUT2D eigenvalue weighted by atomic mass is 16.7. The second-order valence-corrected chi connectivity index (χ2v) is 4.69. The van der Waals surface area contributed by atoms with Gasteiger partial charge in [-0.3, -0.25) is 4.79 Å². The van der Waals surface area contributed by atoms with Gasteiger partial charge in [-0.05, 0) is 31.6 Å². The van der Waals surface area contributed by atoms with Crippen molar-refractivity contribution < 1.29 is 19.1 Å². The number of hydrogen-bond acceptors (Lipinski definition) is 4. The average Bonchev–Trinajstić information content (AvgIpc) is 2.69. The van der Waals surface area contributed by atoms with Crippen molar-refractivity contribution in [3.63, 3.8) is 0 Å². The maximum Gasteiger partial charge on any atom is 0.516 e. The SMILES string of the molecule is CC(C)CCOC(=O)OC(=O)CC1=CCCC1. The van der Waals surface area contributed by atoms with Crippen LogP contribution in [0.4, 0.5) is 4.79 Å². The van der Waals surface area contributed by atoms with Gasteiger partial charge in [0.2, 0.25) is 0 Å². The highest BCUT2D eigenvalue weighted by Gasteiger charge is 2.15. The molecule has 0 aromatic heterocycles. The predicted octanol–water partition coefficient (Wildman–Crippen LogP) is 3.21. The molecule has 17 heavy (non-hydrogen) atoms. The van der Waals surface area contributed by atoms with Crippen molar-refractivity contribution in [2.45, 2.75) is 46.0 Å². The quantitative estimate of drug-likeness (QED) is 0.420. The normalized spacial score (nSPS) is 14.6. The number of carbonyl (C=O) groups excluding carboxylic acids is 2. The zero-order chi connectivity index (χ0) is 12.7. The molecule has 0 amide bonds. The molecule has 0 saturated heterocycles. The lowest BCUT2D eigenvalue weighted by molar-refractivity contribution is -0.139. The molecular formula is C13H20O4. The van der Waals surface area contributed by atoms with E-state index in [1.165, 1.54) is 0 Å². The fourth-order valence-corrected chi connectivity index (χ4v) is 1.62. The Morgan fingerprint density at radius 3 is 2.76 bits per heavy atom. The van der Waals surface area contributed by atoms with E-state index in [0.29, 0.717) is 12.5 Å². The van der Waals surface area contributed by atoms with Crippen LogP contribution in [-0.4, -0.2) is 18.7 Å². The largest absolute Gasteiger partial charge is 0.516 e. The molecular weight excluding hydrogens is 220 g/mol. The van der Waals surface area contributed by atoms with Gasteiger partial charge >= 0.3 is 12.1 Å². The molecule has 96 valence electrons. The molecule has 1 aliphatic rings. The Morgan fingerprint density at radius 1 is 1.41 bits per heavy atom. The van der Waals surface area contributed by atoms with Gasteiger partial charge in [0, 0.05) is 0 Å². The Bertz CT molecular complexity index is 305. The maximum absolute atomic E-state index is 11.3. The molecule has 0 spiro atoms. The highest BCUT2D eigenvalue weighted by molar-refractivity contribution is 5.83. The summed E-state index contributed by atoms with van der Waals surface area (Å²) in [5.74, 6) is -0.0603. The summed E-state index contributed by atoms with van der Waals surface area (Å²) in [5, 5.41) is 0. The van der Waals surface area contributed by atoms with Crippen molar-refractivity contribution in [3.05, 3.63) is 11.6 Å². The summed E-state index contributed by atoms with van der Waals surface area (Å²) in [4.78, 5) is 22.5. The minimum atomic E-state index is -0.880. The van der Waals surface area contributed by atoms with Gasteiger partial charge < -0.3 is 9.47 Å². The van der Waals surface area contributed by atoms with E-state index in [4.69, 9.17) is 4.74 Å². The topological polar surface area (TPSA) is 52.6 Å². The molecule has 0 atom stereocenters. The van der Waals surface area contributed by atoms with Crippen LogP contribution in [0.5, 0.6) is 0 Å². The second kappa shape index (κ2) is 7.09. The Balaban J connectivity index is 2.14. The zero-order valence-corrected chi connectivity index (χ0v) is 10.5. The number of carbonyl (C=O) groups is 2. The van der Waals surface area contributed by atoms with Gasteiger partial charge in [-0.2, -0.15) is 0 Å². The van der Waals surface area contributed by atoms with Gasteiger partial charge in [0.25, 0.3) is 0 Å². The molecule has 1 rings (SSSR count). The number of ether oxygens (including phenoxy) is 2. The molecule has 0 saturated carbocycles. The monoisotopic (exact) mass is 240 g/mol. The van der Waals surface area contributed by atoms with Crippen LogP contribution in [0.25, 0.3) is 0 Å². The fourth-order valence-electron chi connectivity index (χ4n) is 1.62.